The maximum absolute atomic E-state index is 12.6. The molecule has 0 radical (unpaired) electrons. The Balaban J connectivity index is 1.77. The van der Waals surface area contributed by atoms with Gasteiger partial charge in [0.1, 0.15) is 5.75 Å². The van der Waals surface area contributed by atoms with E-state index in [1.165, 1.54) is 11.8 Å². The number of hydrogen-bond acceptors (Lipinski definition) is 5. The third-order valence-corrected chi connectivity index (χ3v) is 5.45. The quantitative estimate of drug-likeness (QED) is 0.563. The van der Waals surface area contributed by atoms with Crippen LogP contribution in [0.15, 0.2) is 53.7 Å². The summed E-state index contributed by atoms with van der Waals surface area (Å²) in [5.41, 5.74) is 1.53. The normalized spacial score (nSPS) is 11.9. The lowest BCUT2D eigenvalue weighted by Gasteiger charge is -2.14. The summed E-state index contributed by atoms with van der Waals surface area (Å²) in [7, 11) is 1.57. The van der Waals surface area contributed by atoms with Gasteiger partial charge in [0, 0.05) is 17.1 Å². The second-order valence-electron chi connectivity index (χ2n) is 6.01. The molecule has 0 unspecified atom stereocenters. The van der Waals surface area contributed by atoms with Crippen LogP contribution in [0.25, 0.3) is 11.4 Å². The number of benzene rings is 2. The summed E-state index contributed by atoms with van der Waals surface area (Å²) >= 11 is 7.46. The first-order valence-corrected chi connectivity index (χ1v) is 10.1. The van der Waals surface area contributed by atoms with Crippen molar-refractivity contribution in [3.8, 4) is 17.1 Å². The monoisotopic (exact) mass is 416 g/mol. The van der Waals surface area contributed by atoms with Crippen LogP contribution in [-0.2, 0) is 11.3 Å². The smallest absolute Gasteiger partial charge is 0.237 e. The lowest BCUT2D eigenvalue weighted by Crippen LogP contribution is -2.23. The van der Waals surface area contributed by atoms with Crippen LogP contribution in [0.4, 0.5) is 5.69 Å². The van der Waals surface area contributed by atoms with Crippen molar-refractivity contribution in [3.05, 3.63) is 53.6 Å². The molecule has 0 spiro atoms. The highest BCUT2D eigenvalue weighted by Crippen LogP contribution is 2.29. The van der Waals surface area contributed by atoms with E-state index in [0.717, 1.165) is 11.4 Å². The molecule has 0 aliphatic carbocycles. The largest absolute Gasteiger partial charge is 0.495 e. The summed E-state index contributed by atoms with van der Waals surface area (Å²) in [5, 5.41) is 12.4. The first-order chi connectivity index (χ1) is 13.5. The number of aromatic nitrogens is 3. The lowest BCUT2D eigenvalue weighted by molar-refractivity contribution is -0.115. The molecular weight excluding hydrogens is 396 g/mol. The Morgan fingerprint density at radius 2 is 2.04 bits per heavy atom. The standard InChI is InChI=1S/C20H21ClN4O2S/c1-4-25-18(14-8-7-9-15(21)12-14)23-24-20(25)28-13(2)19(26)22-16-10-5-6-11-17(16)27-3/h5-13H,4H2,1-3H3,(H,22,26)/t13-/m0/s1. The molecule has 2 aromatic carbocycles. The summed E-state index contributed by atoms with van der Waals surface area (Å²) in [5.74, 6) is 1.21. The van der Waals surface area contributed by atoms with Gasteiger partial charge in [-0.05, 0) is 38.1 Å². The first kappa shape index (κ1) is 20.2. The number of ether oxygens (including phenoxy) is 1. The zero-order valence-electron chi connectivity index (χ0n) is 15.8. The Labute approximate surface area is 173 Å². The number of amides is 1. The van der Waals surface area contributed by atoms with E-state index in [2.05, 4.69) is 15.5 Å². The van der Waals surface area contributed by atoms with Gasteiger partial charge >= 0.3 is 0 Å². The Bertz CT molecular complexity index is 976. The molecule has 28 heavy (non-hydrogen) atoms. The van der Waals surface area contributed by atoms with Gasteiger partial charge in [-0.15, -0.1) is 10.2 Å². The number of halogens is 1. The second kappa shape index (κ2) is 9.12. The maximum atomic E-state index is 12.6. The molecule has 0 saturated carbocycles. The van der Waals surface area contributed by atoms with Crippen molar-refractivity contribution in [1.29, 1.82) is 0 Å². The molecule has 8 heteroatoms. The van der Waals surface area contributed by atoms with Gasteiger partial charge in [-0.1, -0.05) is 47.6 Å². The van der Waals surface area contributed by atoms with Crippen LogP contribution in [0, 0.1) is 0 Å². The van der Waals surface area contributed by atoms with Crippen LogP contribution >= 0.6 is 23.4 Å². The fraction of sp³-hybridized carbons (Fsp3) is 0.250. The van der Waals surface area contributed by atoms with Crippen LogP contribution in [-0.4, -0.2) is 33.0 Å². The van der Waals surface area contributed by atoms with E-state index in [0.29, 0.717) is 28.2 Å². The Morgan fingerprint density at radius 3 is 2.75 bits per heavy atom. The maximum Gasteiger partial charge on any atom is 0.237 e. The second-order valence-corrected chi connectivity index (χ2v) is 7.75. The SMILES string of the molecule is CCn1c(S[C@@H](C)C(=O)Nc2ccccc2OC)nnc1-c1cccc(Cl)c1. The number of para-hydroxylation sites is 2. The van der Waals surface area contributed by atoms with Crippen LogP contribution in [0.1, 0.15) is 13.8 Å². The van der Waals surface area contributed by atoms with E-state index in [1.54, 1.807) is 19.2 Å². The molecule has 3 rings (SSSR count). The Hall–Kier alpha value is -2.51. The molecule has 1 N–H and O–H groups in total. The summed E-state index contributed by atoms with van der Waals surface area (Å²) in [6.45, 7) is 4.53. The van der Waals surface area contributed by atoms with Crippen molar-refractivity contribution in [2.45, 2.75) is 30.8 Å². The predicted octanol–water partition coefficient (Wildman–Crippen LogP) is 4.75. The number of methoxy groups -OCH3 is 1. The molecule has 0 bridgehead atoms. The lowest BCUT2D eigenvalue weighted by atomic mass is 10.2. The molecule has 0 fully saturated rings. The van der Waals surface area contributed by atoms with E-state index >= 15 is 0 Å². The average molecular weight is 417 g/mol. The van der Waals surface area contributed by atoms with Gasteiger partial charge in [0.05, 0.1) is 18.0 Å². The summed E-state index contributed by atoms with van der Waals surface area (Å²) in [6, 6.07) is 14.8. The number of carbonyl (C=O) groups is 1. The van der Waals surface area contributed by atoms with Crippen molar-refractivity contribution >= 4 is 35.0 Å². The van der Waals surface area contributed by atoms with Gasteiger partial charge in [-0.3, -0.25) is 4.79 Å². The molecule has 0 aliphatic rings. The van der Waals surface area contributed by atoms with E-state index in [-0.39, 0.29) is 11.2 Å². The van der Waals surface area contributed by atoms with Gasteiger partial charge < -0.3 is 14.6 Å². The van der Waals surface area contributed by atoms with Crippen molar-refractivity contribution in [2.75, 3.05) is 12.4 Å². The molecule has 6 nitrogen and oxygen atoms in total. The highest BCUT2D eigenvalue weighted by Gasteiger charge is 2.21. The van der Waals surface area contributed by atoms with Crippen LogP contribution in [0.5, 0.6) is 5.75 Å². The van der Waals surface area contributed by atoms with Gasteiger partial charge in [-0.25, -0.2) is 0 Å². The fourth-order valence-electron chi connectivity index (χ4n) is 2.70. The van der Waals surface area contributed by atoms with Gasteiger partial charge in [0.25, 0.3) is 0 Å². The van der Waals surface area contributed by atoms with Crippen molar-refractivity contribution < 1.29 is 9.53 Å². The first-order valence-electron chi connectivity index (χ1n) is 8.83. The Kier molecular flexibility index (Phi) is 6.59. The zero-order chi connectivity index (χ0) is 20.1. The van der Waals surface area contributed by atoms with Crippen LogP contribution in [0.3, 0.4) is 0 Å². The number of nitrogens with zero attached hydrogens (tertiary/aromatic N) is 3. The molecule has 146 valence electrons. The van der Waals surface area contributed by atoms with E-state index in [1.807, 2.05) is 54.8 Å². The van der Waals surface area contributed by atoms with E-state index < -0.39 is 0 Å². The minimum absolute atomic E-state index is 0.135. The van der Waals surface area contributed by atoms with Crippen molar-refractivity contribution in [1.82, 2.24) is 14.8 Å². The third kappa shape index (κ3) is 4.48. The fourth-order valence-corrected chi connectivity index (χ4v) is 3.80. The highest BCUT2D eigenvalue weighted by molar-refractivity contribution is 8.00. The molecule has 0 saturated heterocycles. The number of anilines is 1. The highest BCUT2D eigenvalue weighted by atomic mass is 35.5. The van der Waals surface area contributed by atoms with Crippen molar-refractivity contribution in [2.24, 2.45) is 0 Å². The Morgan fingerprint density at radius 1 is 1.25 bits per heavy atom. The number of nitrogens with one attached hydrogen (secondary N) is 1. The molecule has 1 amide bonds. The minimum Gasteiger partial charge on any atom is -0.495 e. The minimum atomic E-state index is -0.369. The zero-order valence-corrected chi connectivity index (χ0v) is 17.4. The predicted molar refractivity (Wildman–Crippen MR) is 113 cm³/mol. The number of thioether (sulfide) groups is 1. The van der Waals surface area contributed by atoms with Crippen LogP contribution in [0.2, 0.25) is 5.02 Å². The van der Waals surface area contributed by atoms with Gasteiger partial charge in [0.2, 0.25) is 5.91 Å². The van der Waals surface area contributed by atoms with Crippen molar-refractivity contribution in [3.63, 3.8) is 0 Å². The van der Waals surface area contributed by atoms with Crippen LogP contribution < -0.4 is 10.1 Å². The molecular formula is C20H21ClN4O2S. The topological polar surface area (TPSA) is 69.0 Å². The third-order valence-electron chi connectivity index (χ3n) is 4.13. The molecule has 3 aromatic rings. The van der Waals surface area contributed by atoms with E-state index in [4.69, 9.17) is 16.3 Å². The summed E-state index contributed by atoms with van der Waals surface area (Å²) < 4.78 is 7.26. The molecule has 1 atom stereocenters. The molecule has 1 heterocycles. The van der Waals surface area contributed by atoms with Gasteiger partial charge in [0.15, 0.2) is 11.0 Å². The summed E-state index contributed by atoms with van der Waals surface area (Å²) in [6.07, 6.45) is 0. The summed E-state index contributed by atoms with van der Waals surface area (Å²) in [4.78, 5) is 12.6. The average Bonchev–Trinajstić information content (AvgIpc) is 3.10. The molecule has 0 aliphatic heterocycles. The van der Waals surface area contributed by atoms with E-state index in [9.17, 15) is 4.79 Å². The number of carbonyl (C=O) groups excluding carboxylic acids is 1. The molecule has 1 aromatic heterocycles. The number of rotatable bonds is 7. The number of hydrogen-bond donors (Lipinski definition) is 1. The van der Waals surface area contributed by atoms with Gasteiger partial charge in [-0.2, -0.15) is 0 Å².